The van der Waals surface area contributed by atoms with Crippen molar-refractivity contribution >= 4 is 5.91 Å². The van der Waals surface area contributed by atoms with E-state index in [1.54, 1.807) is 0 Å². The second-order valence-corrected chi connectivity index (χ2v) is 3.19. The van der Waals surface area contributed by atoms with E-state index in [0.717, 1.165) is 39.0 Å². The number of likely N-dealkylation sites (tertiary alicyclic amines) is 1. The second kappa shape index (κ2) is 5.14. The summed E-state index contributed by atoms with van der Waals surface area (Å²) in [5.41, 5.74) is 0. The van der Waals surface area contributed by atoms with Crippen molar-refractivity contribution in [3.05, 3.63) is 0 Å². The first-order chi connectivity index (χ1) is 5.84. The Labute approximate surface area is 74.1 Å². The SMILES string of the molecule is CCNCCN1CCCCC1=O. The number of amides is 1. The first-order valence-electron chi connectivity index (χ1n) is 4.83. The van der Waals surface area contributed by atoms with Crippen LogP contribution in [0.4, 0.5) is 0 Å². The number of hydrogen-bond acceptors (Lipinski definition) is 2. The fourth-order valence-corrected chi connectivity index (χ4v) is 1.49. The Morgan fingerprint density at radius 2 is 2.33 bits per heavy atom. The van der Waals surface area contributed by atoms with Gasteiger partial charge in [0.05, 0.1) is 0 Å². The molecule has 1 N–H and O–H groups in total. The minimum Gasteiger partial charge on any atom is -0.341 e. The lowest BCUT2D eigenvalue weighted by Gasteiger charge is -2.26. The van der Waals surface area contributed by atoms with Crippen molar-refractivity contribution in [1.82, 2.24) is 10.2 Å². The van der Waals surface area contributed by atoms with Gasteiger partial charge in [0, 0.05) is 26.1 Å². The van der Waals surface area contributed by atoms with Gasteiger partial charge in [-0.2, -0.15) is 0 Å². The molecule has 0 unspecified atom stereocenters. The third-order valence-corrected chi connectivity index (χ3v) is 2.23. The van der Waals surface area contributed by atoms with E-state index in [-0.39, 0.29) is 0 Å². The zero-order valence-electron chi connectivity index (χ0n) is 7.81. The molecule has 3 heteroatoms. The molecule has 12 heavy (non-hydrogen) atoms. The Balaban J connectivity index is 2.16. The number of piperidine rings is 1. The van der Waals surface area contributed by atoms with Gasteiger partial charge < -0.3 is 10.2 Å². The minimum atomic E-state index is 0.333. The third-order valence-electron chi connectivity index (χ3n) is 2.23. The van der Waals surface area contributed by atoms with Gasteiger partial charge in [-0.15, -0.1) is 0 Å². The van der Waals surface area contributed by atoms with Crippen molar-refractivity contribution in [3.8, 4) is 0 Å². The van der Waals surface area contributed by atoms with E-state index in [4.69, 9.17) is 0 Å². The Morgan fingerprint density at radius 3 is 3.00 bits per heavy atom. The van der Waals surface area contributed by atoms with Crippen molar-refractivity contribution in [2.45, 2.75) is 26.2 Å². The normalized spacial score (nSPS) is 18.4. The average Bonchev–Trinajstić information content (AvgIpc) is 2.09. The van der Waals surface area contributed by atoms with E-state index in [0.29, 0.717) is 5.91 Å². The summed E-state index contributed by atoms with van der Waals surface area (Å²) in [4.78, 5) is 13.3. The second-order valence-electron chi connectivity index (χ2n) is 3.19. The number of nitrogens with one attached hydrogen (secondary N) is 1. The fraction of sp³-hybridized carbons (Fsp3) is 0.889. The Kier molecular flexibility index (Phi) is 4.08. The molecule has 0 spiro atoms. The molecule has 0 radical (unpaired) electrons. The van der Waals surface area contributed by atoms with Gasteiger partial charge in [-0.25, -0.2) is 0 Å². The van der Waals surface area contributed by atoms with Crippen LogP contribution in [0.15, 0.2) is 0 Å². The summed E-state index contributed by atoms with van der Waals surface area (Å²) in [6.07, 6.45) is 3.01. The van der Waals surface area contributed by atoms with Crippen LogP contribution in [-0.4, -0.2) is 37.0 Å². The van der Waals surface area contributed by atoms with Crippen LogP contribution in [0.25, 0.3) is 0 Å². The number of carbonyl (C=O) groups is 1. The van der Waals surface area contributed by atoms with Gasteiger partial charge in [0.25, 0.3) is 0 Å². The number of hydrogen-bond donors (Lipinski definition) is 1. The highest BCUT2D eigenvalue weighted by molar-refractivity contribution is 5.76. The smallest absolute Gasteiger partial charge is 0.222 e. The van der Waals surface area contributed by atoms with E-state index in [9.17, 15) is 4.79 Å². The van der Waals surface area contributed by atoms with Gasteiger partial charge in [-0.05, 0) is 19.4 Å². The van der Waals surface area contributed by atoms with Gasteiger partial charge in [-0.1, -0.05) is 6.92 Å². The molecule has 1 fully saturated rings. The number of rotatable bonds is 4. The molecule has 0 aliphatic carbocycles. The van der Waals surface area contributed by atoms with Crippen molar-refractivity contribution in [3.63, 3.8) is 0 Å². The van der Waals surface area contributed by atoms with Crippen molar-refractivity contribution in [1.29, 1.82) is 0 Å². The number of likely N-dealkylation sites (N-methyl/N-ethyl adjacent to an activating group) is 1. The lowest BCUT2D eigenvalue weighted by atomic mass is 10.1. The summed E-state index contributed by atoms with van der Waals surface area (Å²) >= 11 is 0. The molecule has 3 nitrogen and oxygen atoms in total. The van der Waals surface area contributed by atoms with Crippen molar-refractivity contribution < 1.29 is 4.79 Å². The van der Waals surface area contributed by atoms with E-state index < -0.39 is 0 Å². The summed E-state index contributed by atoms with van der Waals surface area (Å²) in [6.45, 7) is 5.85. The summed E-state index contributed by atoms with van der Waals surface area (Å²) in [5, 5.41) is 3.22. The van der Waals surface area contributed by atoms with Crippen LogP contribution in [0.1, 0.15) is 26.2 Å². The van der Waals surface area contributed by atoms with E-state index in [1.807, 2.05) is 4.90 Å². The van der Waals surface area contributed by atoms with Crippen LogP contribution in [0.3, 0.4) is 0 Å². The maximum absolute atomic E-state index is 11.3. The first kappa shape index (κ1) is 9.52. The van der Waals surface area contributed by atoms with Gasteiger partial charge in [0.2, 0.25) is 5.91 Å². The van der Waals surface area contributed by atoms with Crippen LogP contribution in [0, 0.1) is 0 Å². The molecule has 1 heterocycles. The molecule has 1 saturated heterocycles. The predicted molar refractivity (Wildman–Crippen MR) is 49.0 cm³/mol. The molecule has 1 rings (SSSR count). The first-order valence-corrected chi connectivity index (χ1v) is 4.83. The maximum Gasteiger partial charge on any atom is 0.222 e. The van der Waals surface area contributed by atoms with Gasteiger partial charge in [0.1, 0.15) is 0 Å². The number of carbonyl (C=O) groups excluding carboxylic acids is 1. The van der Waals surface area contributed by atoms with E-state index in [1.165, 1.54) is 6.42 Å². The average molecular weight is 170 g/mol. The van der Waals surface area contributed by atoms with Crippen LogP contribution < -0.4 is 5.32 Å². The molecule has 1 aliphatic heterocycles. The molecule has 0 aromatic heterocycles. The molecule has 0 bridgehead atoms. The molecular formula is C9H18N2O. The highest BCUT2D eigenvalue weighted by Crippen LogP contribution is 2.09. The quantitative estimate of drug-likeness (QED) is 0.627. The molecule has 0 atom stereocenters. The molecule has 1 amide bonds. The highest BCUT2D eigenvalue weighted by Gasteiger charge is 2.16. The summed E-state index contributed by atoms with van der Waals surface area (Å²) < 4.78 is 0. The lowest BCUT2D eigenvalue weighted by molar-refractivity contribution is -0.133. The van der Waals surface area contributed by atoms with Crippen molar-refractivity contribution in [2.75, 3.05) is 26.2 Å². The monoisotopic (exact) mass is 170 g/mol. The summed E-state index contributed by atoms with van der Waals surface area (Å²) in [6, 6.07) is 0. The predicted octanol–water partition coefficient (Wildman–Crippen LogP) is 0.608. The Bertz CT molecular complexity index is 147. The van der Waals surface area contributed by atoms with Crippen LogP contribution >= 0.6 is 0 Å². The third kappa shape index (κ3) is 2.81. The standard InChI is InChI=1S/C9H18N2O/c1-2-10-6-8-11-7-4-3-5-9(11)12/h10H,2-8H2,1H3. The van der Waals surface area contributed by atoms with Gasteiger partial charge >= 0.3 is 0 Å². The molecule has 0 saturated carbocycles. The molecule has 0 aromatic carbocycles. The molecule has 70 valence electrons. The van der Waals surface area contributed by atoms with Gasteiger partial charge in [0.15, 0.2) is 0 Å². The molecular weight excluding hydrogens is 152 g/mol. The van der Waals surface area contributed by atoms with Crippen LogP contribution in [0.2, 0.25) is 0 Å². The Hall–Kier alpha value is -0.570. The zero-order valence-corrected chi connectivity index (χ0v) is 7.81. The Morgan fingerprint density at radius 1 is 1.50 bits per heavy atom. The van der Waals surface area contributed by atoms with E-state index >= 15 is 0 Å². The topological polar surface area (TPSA) is 32.3 Å². The zero-order chi connectivity index (χ0) is 8.81. The summed E-state index contributed by atoms with van der Waals surface area (Å²) in [7, 11) is 0. The number of nitrogens with zero attached hydrogens (tertiary/aromatic N) is 1. The van der Waals surface area contributed by atoms with Crippen molar-refractivity contribution in [2.24, 2.45) is 0 Å². The van der Waals surface area contributed by atoms with E-state index in [2.05, 4.69) is 12.2 Å². The minimum absolute atomic E-state index is 0.333. The summed E-state index contributed by atoms with van der Waals surface area (Å²) in [5.74, 6) is 0.333. The molecule has 1 aliphatic rings. The maximum atomic E-state index is 11.3. The largest absolute Gasteiger partial charge is 0.341 e. The highest BCUT2D eigenvalue weighted by atomic mass is 16.2. The fourth-order valence-electron chi connectivity index (χ4n) is 1.49. The van der Waals surface area contributed by atoms with Crippen LogP contribution in [-0.2, 0) is 4.79 Å². The lowest BCUT2D eigenvalue weighted by Crippen LogP contribution is -2.39. The van der Waals surface area contributed by atoms with Gasteiger partial charge in [-0.3, -0.25) is 4.79 Å². The molecule has 0 aromatic rings. The van der Waals surface area contributed by atoms with Crippen LogP contribution in [0.5, 0.6) is 0 Å².